The highest BCUT2D eigenvalue weighted by Gasteiger charge is 2.12. The molecule has 3 rings (SSSR count). The summed E-state index contributed by atoms with van der Waals surface area (Å²) in [5.41, 5.74) is 1.62. The van der Waals surface area contributed by atoms with E-state index in [9.17, 15) is 4.79 Å². The van der Waals surface area contributed by atoms with Gasteiger partial charge < -0.3 is 14.2 Å². The quantitative estimate of drug-likeness (QED) is 0.561. The van der Waals surface area contributed by atoms with Crippen molar-refractivity contribution < 1.29 is 19.0 Å². The topological polar surface area (TPSA) is 44.8 Å². The van der Waals surface area contributed by atoms with Gasteiger partial charge in [0.2, 0.25) is 5.78 Å². The molecule has 0 unspecified atom stereocenters. The fourth-order valence-corrected chi connectivity index (χ4v) is 2.47. The van der Waals surface area contributed by atoms with Gasteiger partial charge in [0.25, 0.3) is 0 Å². The summed E-state index contributed by atoms with van der Waals surface area (Å²) in [4.78, 5) is 12.3. The highest BCUT2D eigenvalue weighted by atomic mass is 16.5. The Labute approximate surface area is 153 Å². The highest BCUT2D eigenvalue weighted by molar-refractivity contribution is 5.99. The van der Waals surface area contributed by atoms with Crippen molar-refractivity contribution in [1.29, 1.82) is 0 Å². The molecule has 0 aliphatic rings. The Balaban J connectivity index is 1.53. The molecule has 0 atom stereocenters. The van der Waals surface area contributed by atoms with Crippen molar-refractivity contribution in [2.75, 3.05) is 13.7 Å². The first-order valence-corrected chi connectivity index (χ1v) is 8.32. The molecule has 0 fully saturated rings. The Morgan fingerprint density at radius 1 is 0.769 bits per heavy atom. The molecule has 0 radical (unpaired) electrons. The Morgan fingerprint density at radius 2 is 1.38 bits per heavy atom. The maximum absolute atomic E-state index is 12.3. The summed E-state index contributed by atoms with van der Waals surface area (Å²) >= 11 is 0. The van der Waals surface area contributed by atoms with E-state index >= 15 is 0 Å². The number of ketones is 1. The molecule has 132 valence electrons. The summed E-state index contributed by atoms with van der Waals surface area (Å²) in [6.45, 7) is 0.456. The molecule has 0 heterocycles. The van der Waals surface area contributed by atoms with E-state index in [2.05, 4.69) is 0 Å². The van der Waals surface area contributed by atoms with Crippen LogP contribution in [0.5, 0.6) is 17.2 Å². The van der Waals surface area contributed by atoms with Gasteiger partial charge in [0, 0.05) is 0 Å². The Morgan fingerprint density at radius 3 is 2.08 bits per heavy atom. The number of methoxy groups -OCH3 is 1. The van der Waals surface area contributed by atoms with Gasteiger partial charge >= 0.3 is 0 Å². The minimum Gasteiger partial charge on any atom is -0.496 e. The molecule has 0 amide bonds. The van der Waals surface area contributed by atoms with Crippen molar-refractivity contribution >= 4 is 5.78 Å². The van der Waals surface area contributed by atoms with E-state index in [1.165, 1.54) is 0 Å². The van der Waals surface area contributed by atoms with E-state index in [1.807, 2.05) is 48.5 Å². The van der Waals surface area contributed by atoms with Crippen LogP contribution in [0, 0.1) is 0 Å². The zero-order valence-electron chi connectivity index (χ0n) is 14.6. The minimum atomic E-state index is -0.133. The van der Waals surface area contributed by atoms with Crippen molar-refractivity contribution in [2.24, 2.45) is 0 Å². The number of carbonyl (C=O) groups excluding carboxylic acids is 1. The smallest absolute Gasteiger partial charge is 0.203 e. The molecular weight excluding hydrogens is 328 g/mol. The molecule has 0 saturated carbocycles. The van der Waals surface area contributed by atoms with Crippen LogP contribution in [0.3, 0.4) is 0 Å². The van der Waals surface area contributed by atoms with Gasteiger partial charge in [-0.15, -0.1) is 0 Å². The Hall–Kier alpha value is -3.27. The van der Waals surface area contributed by atoms with E-state index < -0.39 is 0 Å². The molecule has 4 nitrogen and oxygen atoms in total. The summed E-state index contributed by atoms with van der Waals surface area (Å²) in [6, 6.07) is 24.3. The molecule has 3 aromatic carbocycles. The maximum Gasteiger partial charge on any atom is 0.203 e. The van der Waals surface area contributed by atoms with Crippen LogP contribution < -0.4 is 14.2 Å². The third-order valence-electron chi connectivity index (χ3n) is 3.85. The van der Waals surface area contributed by atoms with Gasteiger partial charge in [-0.25, -0.2) is 0 Å². The second-order valence-corrected chi connectivity index (χ2v) is 5.66. The van der Waals surface area contributed by atoms with E-state index in [0.717, 1.165) is 11.3 Å². The first-order chi connectivity index (χ1) is 12.8. The van der Waals surface area contributed by atoms with E-state index in [0.29, 0.717) is 23.7 Å². The zero-order valence-corrected chi connectivity index (χ0v) is 14.6. The fraction of sp³-hybridized carbons (Fsp3) is 0.136. The SMILES string of the molecule is COc1ccccc1C(=O)COc1ccc(OCc2ccccc2)cc1. The second kappa shape index (κ2) is 8.72. The van der Waals surface area contributed by atoms with Gasteiger partial charge in [-0.2, -0.15) is 0 Å². The lowest BCUT2D eigenvalue weighted by atomic mass is 10.1. The first kappa shape index (κ1) is 17.5. The second-order valence-electron chi connectivity index (χ2n) is 5.66. The van der Waals surface area contributed by atoms with E-state index in [-0.39, 0.29) is 12.4 Å². The van der Waals surface area contributed by atoms with Crippen LogP contribution in [0.25, 0.3) is 0 Å². The van der Waals surface area contributed by atoms with E-state index in [4.69, 9.17) is 14.2 Å². The van der Waals surface area contributed by atoms with Crippen molar-refractivity contribution in [1.82, 2.24) is 0 Å². The van der Waals surface area contributed by atoms with Crippen molar-refractivity contribution in [3.05, 3.63) is 90.0 Å². The van der Waals surface area contributed by atoms with Crippen LogP contribution in [0.1, 0.15) is 15.9 Å². The number of hydrogen-bond acceptors (Lipinski definition) is 4. The molecule has 0 spiro atoms. The van der Waals surface area contributed by atoms with Gasteiger partial charge in [0.1, 0.15) is 23.9 Å². The van der Waals surface area contributed by atoms with Gasteiger partial charge in [-0.1, -0.05) is 42.5 Å². The molecule has 0 N–H and O–H groups in total. The number of hydrogen-bond donors (Lipinski definition) is 0. The summed E-state index contributed by atoms with van der Waals surface area (Å²) in [5.74, 6) is 1.77. The van der Waals surface area contributed by atoms with Crippen molar-refractivity contribution in [3.63, 3.8) is 0 Å². The van der Waals surface area contributed by atoms with Gasteiger partial charge in [-0.05, 0) is 42.0 Å². The molecular formula is C22H20O4. The van der Waals surface area contributed by atoms with Crippen LogP contribution >= 0.6 is 0 Å². The average molecular weight is 348 g/mol. The number of rotatable bonds is 8. The van der Waals surface area contributed by atoms with Gasteiger partial charge in [0.15, 0.2) is 6.61 Å². The van der Waals surface area contributed by atoms with Crippen LogP contribution in [0.2, 0.25) is 0 Å². The summed E-state index contributed by atoms with van der Waals surface area (Å²) < 4.78 is 16.5. The van der Waals surface area contributed by atoms with Crippen LogP contribution in [-0.4, -0.2) is 19.5 Å². The minimum absolute atomic E-state index is 0.0510. The number of Topliss-reactive ketones (excluding diaryl/α,β-unsaturated/α-hetero) is 1. The number of para-hydroxylation sites is 1. The Bertz CT molecular complexity index is 842. The predicted molar refractivity (Wildman–Crippen MR) is 100 cm³/mol. The highest BCUT2D eigenvalue weighted by Crippen LogP contribution is 2.21. The van der Waals surface area contributed by atoms with Crippen LogP contribution in [-0.2, 0) is 6.61 Å². The fourth-order valence-electron chi connectivity index (χ4n) is 2.47. The molecule has 0 aliphatic heterocycles. The Kier molecular flexibility index (Phi) is 5.88. The lowest BCUT2D eigenvalue weighted by molar-refractivity contribution is 0.0918. The third-order valence-corrected chi connectivity index (χ3v) is 3.85. The normalized spacial score (nSPS) is 10.2. The molecule has 4 heteroatoms. The molecule has 0 aromatic heterocycles. The van der Waals surface area contributed by atoms with Gasteiger partial charge in [-0.3, -0.25) is 4.79 Å². The summed E-state index contributed by atoms with van der Waals surface area (Å²) in [6.07, 6.45) is 0. The van der Waals surface area contributed by atoms with Crippen molar-refractivity contribution in [2.45, 2.75) is 6.61 Å². The standard InChI is InChI=1S/C22H20O4/c1-24-22-10-6-5-9-20(22)21(23)16-26-19-13-11-18(12-14-19)25-15-17-7-3-2-4-8-17/h2-14H,15-16H2,1H3. The van der Waals surface area contributed by atoms with Gasteiger partial charge in [0.05, 0.1) is 12.7 Å². The molecule has 3 aromatic rings. The third kappa shape index (κ3) is 4.63. The first-order valence-electron chi connectivity index (χ1n) is 8.32. The zero-order chi connectivity index (χ0) is 18.2. The number of benzene rings is 3. The summed E-state index contributed by atoms with van der Waals surface area (Å²) in [7, 11) is 1.54. The van der Waals surface area contributed by atoms with E-state index in [1.54, 1.807) is 37.4 Å². The summed E-state index contributed by atoms with van der Waals surface area (Å²) in [5, 5.41) is 0. The van der Waals surface area contributed by atoms with Crippen LogP contribution in [0.4, 0.5) is 0 Å². The molecule has 0 bridgehead atoms. The molecule has 0 aliphatic carbocycles. The monoisotopic (exact) mass is 348 g/mol. The predicted octanol–water partition coefficient (Wildman–Crippen LogP) is 4.54. The van der Waals surface area contributed by atoms with Crippen LogP contribution in [0.15, 0.2) is 78.9 Å². The number of carbonyl (C=O) groups is 1. The largest absolute Gasteiger partial charge is 0.496 e. The average Bonchev–Trinajstić information content (AvgIpc) is 2.72. The molecule has 0 saturated heterocycles. The maximum atomic E-state index is 12.3. The van der Waals surface area contributed by atoms with Crippen molar-refractivity contribution in [3.8, 4) is 17.2 Å². The lowest BCUT2D eigenvalue weighted by Gasteiger charge is -2.10. The number of ether oxygens (including phenoxy) is 3. The molecule has 26 heavy (non-hydrogen) atoms. The lowest BCUT2D eigenvalue weighted by Crippen LogP contribution is -2.12.